The molecule has 0 bridgehead atoms. The predicted molar refractivity (Wildman–Crippen MR) is 78.6 cm³/mol. The van der Waals surface area contributed by atoms with Crippen molar-refractivity contribution in [3.05, 3.63) is 0 Å². The van der Waals surface area contributed by atoms with E-state index in [0.717, 1.165) is 19.6 Å². The van der Waals surface area contributed by atoms with E-state index in [4.69, 9.17) is 0 Å². The molecule has 1 N–H and O–H groups in total. The van der Waals surface area contributed by atoms with E-state index in [-0.39, 0.29) is 11.4 Å². The molecule has 0 fully saturated rings. The molecule has 0 heterocycles. The van der Waals surface area contributed by atoms with Crippen molar-refractivity contribution >= 4 is 5.91 Å². The second-order valence-corrected chi connectivity index (χ2v) is 7.01. The predicted octanol–water partition coefficient (Wildman–Crippen LogP) is 2.91. The summed E-state index contributed by atoms with van der Waals surface area (Å²) in [4.78, 5) is 14.2. The number of hydrogen-bond donors (Lipinski definition) is 1. The van der Waals surface area contributed by atoms with Gasteiger partial charge in [-0.2, -0.15) is 0 Å². The average Bonchev–Trinajstić information content (AvgIpc) is 2.12. The summed E-state index contributed by atoms with van der Waals surface area (Å²) in [5.74, 6) is 1.33. The molecule has 1 amide bonds. The van der Waals surface area contributed by atoms with Gasteiger partial charge in [-0.3, -0.25) is 4.79 Å². The van der Waals surface area contributed by atoms with Gasteiger partial charge in [-0.15, -0.1) is 0 Å². The number of rotatable bonds is 7. The van der Waals surface area contributed by atoms with Crippen LogP contribution in [0.25, 0.3) is 0 Å². The fourth-order valence-corrected chi connectivity index (χ4v) is 1.86. The lowest BCUT2D eigenvalue weighted by Crippen LogP contribution is -2.41. The van der Waals surface area contributed by atoms with Gasteiger partial charge < -0.3 is 10.2 Å². The number of hydrogen-bond acceptors (Lipinski definition) is 2. The lowest BCUT2D eigenvalue weighted by molar-refractivity contribution is -0.132. The van der Waals surface area contributed by atoms with Gasteiger partial charge in [-0.25, -0.2) is 0 Å². The van der Waals surface area contributed by atoms with Gasteiger partial charge in [0.15, 0.2) is 0 Å². The highest BCUT2D eigenvalue weighted by molar-refractivity contribution is 5.76. The second kappa shape index (κ2) is 7.78. The maximum Gasteiger partial charge on any atom is 0.223 e. The minimum Gasteiger partial charge on any atom is -0.342 e. The van der Waals surface area contributed by atoms with Crippen LogP contribution in [0.1, 0.15) is 54.9 Å². The van der Waals surface area contributed by atoms with E-state index in [0.29, 0.717) is 18.3 Å². The van der Waals surface area contributed by atoms with Crippen molar-refractivity contribution in [3.8, 4) is 0 Å². The average molecular weight is 256 g/mol. The van der Waals surface area contributed by atoms with E-state index in [1.807, 2.05) is 4.90 Å². The molecule has 0 atom stereocenters. The Labute approximate surface area is 113 Å². The first-order valence-corrected chi connectivity index (χ1v) is 7.14. The fourth-order valence-electron chi connectivity index (χ4n) is 1.86. The lowest BCUT2D eigenvalue weighted by Gasteiger charge is -2.27. The standard InChI is InChI=1S/C15H32N2O/c1-12(2)10-17(11-13(3)4)14(18)8-9-16-15(5,6)7/h12-13,16H,8-11H2,1-7H3. The van der Waals surface area contributed by atoms with Gasteiger partial charge in [0.2, 0.25) is 5.91 Å². The van der Waals surface area contributed by atoms with Crippen LogP contribution in [0, 0.1) is 11.8 Å². The Morgan fingerprint density at radius 2 is 1.50 bits per heavy atom. The Morgan fingerprint density at radius 1 is 1.06 bits per heavy atom. The molecule has 0 radical (unpaired) electrons. The highest BCUT2D eigenvalue weighted by Gasteiger charge is 2.17. The third kappa shape index (κ3) is 9.46. The molecular formula is C15H32N2O. The molecule has 18 heavy (non-hydrogen) atoms. The molecule has 0 aromatic carbocycles. The quantitative estimate of drug-likeness (QED) is 0.759. The van der Waals surface area contributed by atoms with Crippen molar-refractivity contribution in [1.82, 2.24) is 10.2 Å². The summed E-state index contributed by atoms with van der Waals surface area (Å²) < 4.78 is 0. The molecule has 108 valence electrons. The van der Waals surface area contributed by atoms with Gasteiger partial charge in [0.1, 0.15) is 0 Å². The molecule has 0 saturated heterocycles. The minimum atomic E-state index is 0.0845. The third-order valence-electron chi connectivity index (χ3n) is 2.52. The van der Waals surface area contributed by atoms with Gasteiger partial charge in [0, 0.05) is 31.6 Å². The Bertz CT molecular complexity index is 231. The summed E-state index contributed by atoms with van der Waals surface area (Å²) in [6, 6.07) is 0. The summed E-state index contributed by atoms with van der Waals surface area (Å²) in [6.45, 7) is 17.5. The van der Waals surface area contributed by atoms with Gasteiger partial charge in [-0.05, 0) is 32.6 Å². The summed E-state index contributed by atoms with van der Waals surface area (Å²) in [7, 11) is 0. The van der Waals surface area contributed by atoms with Crippen LogP contribution < -0.4 is 5.32 Å². The van der Waals surface area contributed by atoms with Crippen molar-refractivity contribution in [2.24, 2.45) is 11.8 Å². The van der Waals surface area contributed by atoms with Gasteiger partial charge in [-0.1, -0.05) is 27.7 Å². The molecular weight excluding hydrogens is 224 g/mol. The Kier molecular flexibility index (Phi) is 7.53. The molecule has 0 aromatic rings. The first-order valence-electron chi connectivity index (χ1n) is 7.14. The largest absolute Gasteiger partial charge is 0.342 e. The zero-order valence-corrected chi connectivity index (χ0v) is 13.3. The van der Waals surface area contributed by atoms with Crippen LogP contribution in [-0.4, -0.2) is 36.0 Å². The van der Waals surface area contributed by atoms with Gasteiger partial charge >= 0.3 is 0 Å². The third-order valence-corrected chi connectivity index (χ3v) is 2.52. The van der Waals surface area contributed by atoms with Crippen LogP contribution in [-0.2, 0) is 4.79 Å². The maximum atomic E-state index is 12.2. The smallest absolute Gasteiger partial charge is 0.223 e. The van der Waals surface area contributed by atoms with Crippen LogP contribution in [0.2, 0.25) is 0 Å². The Balaban J connectivity index is 4.20. The topological polar surface area (TPSA) is 32.3 Å². The van der Waals surface area contributed by atoms with E-state index in [1.165, 1.54) is 0 Å². The normalized spacial score (nSPS) is 12.3. The molecule has 3 heteroatoms. The van der Waals surface area contributed by atoms with Crippen molar-refractivity contribution in [1.29, 1.82) is 0 Å². The van der Waals surface area contributed by atoms with Gasteiger partial charge in [0.05, 0.1) is 0 Å². The number of carbonyl (C=O) groups excluding carboxylic acids is 1. The molecule has 0 spiro atoms. The van der Waals surface area contributed by atoms with Crippen LogP contribution in [0.4, 0.5) is 0 Å². The first kappa shape index (κ1) is 17.4. The molecule has 0 unspecified atom stereocenters. The van der Waals surface area contributed by atoms with Crippen LogP contribution in [0.3, 0.4) is 0 Å². The zero-order valence-electron chi connectivity index (χ0n) is 13.3. The lowest BCUT2D eigenvalue weighted by atomic mass is 10.1. The molecule has 0 aliphatic carbocycles. The van der Waals surface area contributed by atoms with Crippen molar-refractivity contribution < 1.29 is 4.79 Å². The number of nitrogens with one attached hydrogen (secondary N) is 1. The van der Waals surface area contributed by atoms with E-state index < -0.39 is 0 Å². The number of amides is 1. The van der Waals surface area contributed by atoms with E-state index in [2.05, 4.69) is 53.8 Å². The highest BCUT2D eigenvalue weighted by Crippen LogP contribution is 2.06. The van der Waals surface area contributed by atoms with Crippen LogP contribution in [0.5, 0.6) is 0 Å². The van der Waals surface area contributed by atoms with Crippen molar-refractivity contribution in [3.63, 3.8) is 0 Å². The van der Waals surface area contributed by atoms with Gasteiger partial charge in [0.25, 0.3) is 0 Å². The number of nitrogens with zero attached hydrogens (tertiary/aromatic N) is 1. The summed E-state index contributed by atoms with van der Waals surface area (Å²) >= 11 is 0. The SMILES string of the molecule is CC(C)CN(CC(C)C)C(=O)CCNC(C)(C)C. The van der Waals surface area contributed by atoms with Crippen LogP contribution >= 0.6 is 0 Å². The summed E-state index contributed by atoms with van der Waals surface area (Å²) in [5.41, 5.74) is 0.0845. The van der Waals surface area contributed by atoms with E-state index >= 15 is 0 Å². The van der Waals surface area contributed by atoms with Crippen molar-refractivity contribution in [2.45, 2.75) is 60.4 Å². The Hall–Kier alpha value is -0.570. The van der Waals surface area contributed by atoms with E-state index in [9.17, 15) is 4.79 Å². The summed E-state index contributed by atoms with van der Waals surface area (Å²) in [5, 5.41) is 3.37. The fraction of sp³-hybridized carbons (Fsp3) is 0.933. The highest BCUT2D eigenvalue weighted by atomic mass is 16.2. The van der Waals surface area contributed by atoms with Crippen molar-refractivity contribution in [2.75, 3.05) is 19.6 Å². The van der Waals surface area contributed by atoms with E-state index in [1.54, 1.807) is 0 Å². The first-order chi connectivity index (χ1) is 8.11. The van der Waals surface area contributed by atoms with Crippen LogP contribution in [0.15, 0.2) is 0 Å². The zero-order chi connectivity index (χ0) is 14.3. The second-order valence-electron chi connectivity index (χ2n) is 7.01. The molecule has 0 aliphatic heterocycles. The summed E-state index contributed by atoms with van der Waals surface area (Å²) in [6.07, 6.45) is 0.594. The minimum absolute atomic E-state index is 0.0845. The molecule has 3 nitrogen and oxygen atoms in total. The molecule has 0 aliphatic rings. The number of carbonyl (C=O) groups is 1. The maximum absolute atomic E-state index is 12.2. The monoisotopic (exact) mass is 256 g/mol. The molecule has 0 rings (SSSR count). The molecule has 0 saturated carbocycles. The Morgan fingerprint density at radius 3 is 1.83 bits per heavy atom. The molecule has 0 aromatic heterocycles.